The Labute approximate surface area is 159 Å². The molecule has 0 aliphatic heterocycles. The quantitative estimate of drug-likeness (QED) is 0.319. The molecule has 0 radical (unpaired) electrons. The van der Waals surface area contributed by atoms with Crippen LogP contribution in [0.2, 0.25) is 0 Å². The SMILES string of the molecule is CCCc1nnc(NC(=O)NCCNS(=O)(=O)c2cccc([N+](=O)[O-])c2)s1. The first kappa shape index (κ1) is 20.7. The van der Waals surface area contributed by atoms with Crippen LogP contribution in [0.25, 0.3) is 0 Å². The zero-order valence-corrected chi connectivity index (χ0v) is 16.0. The molecule has 0 saturated heterocycles. The lowest BCUT2D eigenvalue weighted by Gasteiger charge is -2.08. The molecule has 27 heavy (non-hydrogen) atoms. The van der Waals surface area contributed by atoms with Gasteiger partial charge in [0.25, 0.3) is 5.69 Å². The number of nitrogens with zero attached hydrogens (tertiary/aromatic N) is 3. The van der Waals surface area contributed by atoms with Gasteiger partial charge >= 0.3 is 6.03 Å². The standard InChI is InChI=1S/C14H18N6O5S2/c1-2-4-12-18-19-14(26-12)17-13(21)15-7-8-16-27(24,25)11-6-3-5-10(9-11)20(22)23/h3,5-6,9,16H,2,4,7-8H2,1H3,(H2,15,17,19,21). The Balaban J connectivity index is 1.80. The lowest BCUT2D eigenvalue weighted by atomic mass is 10.3. The number of carbonyl (C=O) groups is 1. The maximum Gasteiger partial charge on any atom is 0.321 e. The van der Waals surface area contributed by atoms with Crippen LogP contribution in [-0.4, -0.2) is 42.7 Å². The van der Waals surface area contributed by atoms with Crippen molar-refractivity contribution in [3.8, 4) is 0 Å². The van der Waals surface area contributed by atoms with Crippen LogP contribution in [-0.2, 0) is 16.4 Å². The van der Waals surface area contributed by atoms with E-state index in [9.17, 15) is 23.3 Å². The van der Waals surface area contributed by atoms with Crippen molar-refractivity contribution in [3.05, 3.63) is 39.4 Å². The molecule has 0 atom stereocenters. The van der Waals surface area contributed by atoms with Crippen LogP contribution in [0.1, 0.15) is 18.4 Å². The van der Waals surface area contributed by atoms with E-state index in [1.54, 1.807) is 0 Å². The monoisotopic (exact) mass is 414 g/mol. The van der Waals surface area contributed by atoms with Gasteiger partial charge in [0.05, 0.1) is 9.82 Å². The van der Waals surface area contributed by atoms with Crippen LogP contribution >= 0.6 is 11.3 Å². The molecule has 3 N–H and O–H groups in total. The van der Waals surface area contributed by atoms with E-state index in [0.29, 0.717) is 5.13 Å². The van der Waals surface area contributed by atoms with Crippen LogP contribution in [0.3, 0.4) is 0 Å². The van der Waals surface area contributed by atoms with Crippen molar-refractivity contribution in [2.45, 2.75) is 24.7 Å². The fourth-order valence-corrected chi connectivity index (χ4v) is 3.88. The smallest absolute Gasteiger partial charge is 0.321 e. The molecule has 0 aliphatic carbocycles. The van der Waals surface area contributed by atoms with Crippen LogP contribution in [0, 0.1) is 10.1 Å². The average molecular weight is 414 g/mol. The molecule has 1 heterocycles. The van der Waals surface area contributed by atoms with Gasteiger partial charge in [0, 0.05) is 31.6 Å². The average Bonchev–Trinajstić information content (AvgIpc) is 3.06. The van der Waals surface area contributed by atoms with Crippen LogP contribution < -0.4 is 15.4 Å². The van der Waals surface area contributed by atoms with Gasteiger partial charge < -0.3 is 5.32 Å². The number of benzene rings is 1. The van der Waals surface area contributed by atoms with Gasteiger partial charge in [-0.1, -0.05) is 24.3 Å². The molecule has 2 aromatic rings. The number of aromatic nitrogens is 2. The number of nitro benzene ring substituents is 1. The Kier molecular flexibility index (Phi) is 7.15. The molecule has 0 bridgehead atoms. The lowest BCUT2D eigenvalue weighted by Crippen LogP contribution is -2.36. The number of urea groups is 1. The maximum absolute atomic E-state index is 12.1. The summed E-state index contributed by atoms with van der Waals surface area (Å²) in [5, 5.41) is 24.7. The van der Waals surface area contributed by atoms with Gasteiger partial charge in [-0.15, -0.1) is 10.2 Å². The third-order valence-electron chi connectivity index (χ3n) is 3.19. The highest BCUT2D eigenvalue weighted by atomic mass is 32.2. The summed E-state index contributed by atoms with van der Waals surface area (Å²) in [5.41, 5.74) is -0.324. The third-order valence-corrected chi connectivity index (χ3v) is 5.55. The molecule has 1 aromatic carbocycles. The molecule has 0 unspecified atom stereocenters. The highest BCUT2D eigenvalue weighted by Crippen LogP contribution is 2.17. The van der Waals surface area contributed by atoms with E-state index in [0.717, 1.165) is 23.9 Å². The number of hydrogen-bond donors (Lipinski definition) is 3. The van der Waals surface area contributed by atoms with E-state index >= 15 is 0 Å². The summed E-state index contributed by atoms with van der Waals surface area (Å²) in [6.07, 6.45) is 1.70. The van der Waals surface area contributed by atoms with Crippen molar-refractivity contribution in [1.82, 2.24) is 20.2 Å². The van der Waals surface area contributed by atoms with Crippen molar-refractivity contribution in [2.75, 3.05) is 18.4 Å². The highest BCUT2D eigenvalue weighted by molar-refractivity contribution is 7.89. The molecular weight excluding hydrogens is 396 g/mol. The molecule has 0 fully saturated rings. The second-order valence-electron chi connectivity index (χ2n) is 5.28. The highest BCUT2D eigenvalue weighted by Gasteiger charge is 2.17. The minimum atomic E-state index is -3.92. The number of nitrogens with one attached hydrogen (secondary N) is 3. The van der Waals surface area contributed by atoms with E-state index in [2.05, 4.69) is 25.6 Å². The summed E-state index contributed by atoms with van der Waals surface area (Å²) >= 11 is 1.27. The van der Waals surface area contributed by atoms with Gasteiger partial charge in [-0.05, 0) is 12.5 Å². The topological polar surface area (TPSA) is 156 Å². The van der Waals surface area contributed by atoms with Crippen LogP contribution in [0.15, 0.2) is 29.2 Å². The summed E-state index contributed by atoms with van der Waals surface area (Å²) in [6.45, 7) is 1.94. The number of non-ortho nitro benzene ring substituents is 1. The second kappa shape index (κ2) is 9.34. The molecule has 2 amide bonds. The van der Waals surface area contributed by atoms with Crippen molar-refractivity contribution in [3.63, 3.8) is 0 Å². The van der Waals surface area contributed by atoms with E-state index in [1.165, 1.54) is 29.5 Å². The van der Waals surface area contributed by atoms with Gasteiger partial charge in [-0.3, -0.25) is 15.4 Å². The van der Waals surface area contributed by atoms with E-state index in [4.69, 9.17) is 0 Å². The first-order chi connectivity index (χ1) is 12.8. The minimum Gasteiger partial charge on any atom is -0.336 e. The molecule has 0 spiro atoms. The molecule has 1 aromatic heterocycles. The third kappa shape index (κ3) is 6.23. The first-order valence-electron chi connectivity index (χ1n) is 7.93. The molecule has 0 aliphatic rings. The number of hydrogen-bond acceptors (Lipinski definition) is 8. The van der Waals surface area contributed by atoms with Gasteiger partial charge in [0.15, 0.2) is 0 Å². The number of anilines is 1. The van der Waals surface area contributed by atoms with E-state index < -0.39 is 21.0 Å². The Morgan fingerprint density at radius 3 is 2.78 bits per heavy atom. The zero-order valence-electron chi connectivity index (χ0n) is 14.3. The maximum atomic E-state index is 12.1. The minimum absolute atomic E-state index is 0.0145. The normalized spacial score (nSPS) is 11.1. The van der Waals surface area contributed by atoms with Crippen molar-refractivity contribution < 1.29 is 18.1 Å². The molecular formula is C14H18N6O5S2. The first-order valence-corrected chi connectivity index (χ1v) is 10.2. The van der Waals surface area contributed by atoms with Gasteiger partial charge in [-0.2, -0.15) is 0 Å². The summed E-state index contributed by atoms with van der Waals surface area (Å²) < 4.78 is 26.5. The summed E-state index contributed by atoms with van der Waals surface area (Å²) in [4.78, 5) is 21.6. The lowest BCUT2D eigenvalue weighted by molar-refractivity contribution is -0.385. The molecule has 146 valence electrons. The van der Waals surface area contributed by atoms with Crippen molar-refractivity contribution >= 4 is 38.2 Å². The molecule has 2 rings (SSSR count). The van der Waals surface area contributed by atoms with Crippen LogP contribution in [0.4, 0.5) is 15.6 Å². The van der Waals surface area contributed by atoms with Crippen molar-refractivity contribution in [2.24, 2.45) is 0 Å². The van der Waals surface area contributed by atoms with Crippen LogP contribution in [0.5, 0.6) is 0 Å². The molecule has 13 heteroatoms. The van der Waals surface area contributed by atoms with E-state index in [-0.39, 0.29) is 23.7 Å². The summed E-state index contributed by atoms with van der Waals surface area (Å²) in [7, 11) is -3.92. The number of nitro groups is 1. The predicted molar refractivity (Wildman–Crippen MR) is 99.2 cm³/mol. The number of amides is 2. The Morgan fingerprint density at radius 1 is 1.30 bits per heavy atom. The Bertz CT molecular complexity index is 914. The number of aryl methyl sites for hydroxylation is 1. The predicted octanol–water partition coefficient (Wildman–Crippen LogP) is 1.50. The van der Waals surface area contributed by atoms with Gasteiger partial charge in [-0.25, -0.2) is 17.9 Å². The fraction of sp³-hybridized carbons (Fsp3) is 0.357. The Hall–Kier alpha value is -2.64. The fourth-order valence-electron chi connectivity index (χ4n) is 1.97. The van der Waals surface area contributed by atoms with Gasteiger partial charge in [0.2, 0.25) is 15.2 Å². The zero-order chi connectivity index (χ0) is 19.9. The largest absolute Gasteiger partial charge is 0.336 e. The Morgan fingerprint density at radius 2 is 2.07 bits per heavy atom. The summed E-state index contributed by atoms with van der Waals surface area (Å²) in [5.74, 6) is 0. The molecule has 0 saturated carbocycles. The van der Waals surface area contributed by atoms with E-state index in [1.807, 2.05) is 6.92 Å². The molecule has 11 nitrogen and oxygen atoms in total. The van der Waals surface area contributed by atoms with Crippen molar-refractivity contribution in [1.29, 1.82) is 0 Å². The number of carbonyl (C=O) groups excluding carboxylic acids is 1. The second-order valence-corrected chi connectivity index (χ2v) is 8.11. The van der Waals surface area contributed by atoms with Gasteiger partial charge in [0.1, 0.15) is 5.01 Å². The number of sulfonamides is 1. The summed E-state index contributed by atoms with van der Waals surface area (Å²) in [6, 6.07) is 4.16. The number of rotatable bonds is 9.